The monoisotopic (exact) mass is 490 g/mol. The lowest BCUT2D eigenvalue weighted by Gasteiger charge is -2.19. The van der Waals surface area contributed by atoms with Crippen molar-refractivity contribution in [1.82, 2.24) is 4.90 Å². The first-order chi connectivity index (χ1) is 16.1. The average Bonchev–Trinajstić information content (AvgIpc) is 3.35. The fourth-order valence-corrected chi connectivity index (χ4v) is 5.25. The molecule has 4 aromatic rings. The summed E-state index contributed by atoms with van der Waals surface area (Å²) >= 11 is 0. The lowest BCUT2D eigenvalue weighted by molar-refractivity contribution is -0.139. The van der Waals surface area contributed by atoms with Gasteiger partial charge in [0.25, 0.3) is 10.0 Å². The predicted molar refractivity (Wildman–Crippen MR) is 123 cm³/mol. The molecule has 0 unspecified atom stereocenters. The molecule has 0 spiro atoms. The molecular weight excluding hydrogens is 469 g/mol. The van der Waals surface area contributed by atoms with Gasteiger partial charge in [-0.05, 0) is 49.9 Å². The van der Waals surface area contributed by atoms with Crippen molar-refractivity contribution < 1.29 is 30.7 Å². The van der Waals surface area contributed by atoms with Gasteiger partial charge in [-0.1, -0.05) is 18.2 Å². The Labute approximate surface area is 194 Å². The average molecular weight is 491 g/mol. The molecule has 10 heteroatoms. The maximum absolute atomic E-state index is 13.5. The van der Waals surface area contributed by atoms with Gasteiger partial charge >= 0.3 is 6.18 Å². The van der Waals surface area contributed by atoms with Crippen LogP contribution in [-0.4, -0.2) is 39.6 Å². The number of nitrogens with zero attached hydrogens (tertiary/aromatic N) is 1. The summed E-state index contributed by atoms with van der Waals surface area (Å²) in [6.07, 6.45) is -4.46. The number of hydrogen-bond donors (Lipinski definition) is 1. The minimum absolute atomic E-state index is 0.0218. The maximum atomic E-state index is 13.5. The number of likely N-dealkylation sites (N-methyl/N-ethyl adjacent to an activating group) is 1. The van der Waals surface area contributed by atoms with Crippen LogP contribution in [0.3, 0.4) is 0 Å². The number of para-hydroxylation sites is 1. The quantitative estimate of drug-likeness (QED) is 0.401. The summed E-state index contributed by atoms with van der Waals surface area (Å²) in [4.78, 5) is 1.92. The van der Waals surface area contributed by atoms with Crippen molar-refractivity contribution in [2.75, 3.05) is 24.9 Å². The molecule has 6 nitrogen and oxygen atoms in total. The van der Waals surface area contributed by atoms with E-state index in [9.17, 15) is 21.6 Å². The van der Waals surface area contributed by atoms with Crippen LogP contribution in [0, 0.1) is 0 Å². The molecule has 1 aliphatic heterocycles. The van der Waals surface area contributed by atoms with Crippen molar-refractivity contribution in [3.63, 3.8) is 0 Å². The van der Waals surface area contributed by atoms with Crippen LogP contribution >= 0.6 is 0 Å². The first-order valence-corrected chi connectivity index (χ1v) is 12.1. The summed E-state index contributed by atoms with van der Waals surface area (Å²) in [6.45, 7) is 1.20. The highest BCUT2D eigenvalue weighted by Crippen LogP contribution is 2.39. The van der Waals surface area contributed by atoms with Crippen LogP contribution in [-0.2, 0) is 16.2 Å². The Morgan fingerprint density at radius 1 is 1.03 bits per heavy atom. The van der Waals surface area contributed by atoms with E-state index in [-0.39, 0.29) is 10.6 Å². The van der Waals surface area contributed by atoms with E-state index in [1.165, 1.54) is 12.1 Å². The number of ether oxygens (including phenoxy) is 1. The third kappa shape index (κ3) is 4.30. The molecule has 1 N–H and O–H groups in total. The highest BCUT2D eigenvalue weighted by Gasteiger charge is 2.36. The number of likely N-dealkylation sites (tertiary alicyclic amines) is 1. The summed E-state index contributed by atoms with van der Waals surface area (Å²) < 4.78 is 80.5. The highest BCUT2D eigenvalue weighted by atomic mass is 32.2. The molecule has 1 saturated heterocycles. The zero-order valence-corrected chi connectivity index (χ0v) is 18.9. The smallest absolute Gasteiger partial charge is 0.419 e. The topological polar surface area (TPSA) is 71.8 Å². The molecule has 0 amide bonds. The molecule has 1 aliphatic rings. The van der Waals surface area contributed by atoms with Crippen molar-refractivity contribution in [2.24, 2.45) is 0 Å². The molecule has 1 fully saturated rings. The number of hydrogen-bond acceptors (Lipinski definition) is 5. The fraction of sp³-hybridized carbons (Fsp3) is 0.250. The van der Waals surface area contributed by atoms with Crippen LogP contribution in [0.1, 0.15) is 12.0 Å². The van der Waals surface area contributed by atoms with Gasteiger partial charge < -0.3 is 14.1 Å². The van der Waals surface area contributed by atoms with Crippen LogP contribution in [0.4, 0.5) is 18.9 Å². The van der Waals surface area contributed by atoms with E-state index < -0.39 is 33.6 Å². The van der Waals surface area contributed by atoms with Gasteiger partial charge in [-0.3, -0.25) is 4.72 Å². The van der Waals surface area contributed by atoms with E-state index in [1.807, 2.05) is 30.1 Å². The third-order valence-corrected chi connectivity index (χ3v) is 7.22. The number of sulfonamides is 1. The molecule has 0 bridgehead atoms. The zero-order chi connectivity index (χ0) is 24.1. The number of furan rings is 1. The predicted octanol–water partition coefficient (Wildman–Crippen LogP) is 5.49. The van der Waals surface area contributed by atoms with Gasteiger partial charge in [0.05, 0.1) is 16.1 Å². The molecule has 0 aliphatic carbocycles. The normalized spacial score (nSPS) is 17.5. The molecule has 5 rings (SSSR count). The summed E-state index contributed by atoms with van der Waals surface area (Å²) in [5, 5.41) is 1.39. The van der Waals surface area contributed by atoms with E-state index in [4.69, 9.17) is 9.15 Å². The number of alkyl halides is 3. The fourth-order valence-electron chi connectivity index (χ4n) is 4.17. The van der Waals surface area contributed by atoms with Crippen LogP contribution < -0.4 is 9.46 Å². The summed E-state index contributed by atoms with van der Waals surface area (Å²) in [5.74, 6) is -0.399. The molecule has 1 atom stereocenters. The summed E-state index contributed by atoms with van der Waals surface area (Å²) in [7, 11) is -2.23. The second kappa shape index (κ2) is 8.21. The number of fused-ring (bicyclic) bond motifs is 3. The molecule has 34 heavy (non-hydrogen) atoms. The van der Waals surface area contributed by atoms with Crippen molar-refractivity contribution in [3.05, 3.63) is 66.2 Å². The van der Waals surface area contributed by atoms with E-state index in [0.29, 0.717) is 36.1 Å². The molecule has 0 radical (unpaired) electrons. The van der Waals surface area contributed by atoms with Crippen LogP contribution in [0.2, 0.25) is 0 Å². The van der Waals surface area contributed by atoms with Crippen LogP contribution in [0.15, 0.2) is 70.0 Å². The van der Waals surface area contributed by atoms with E-state index in [2.05, 4.69) is 4.72 Å². The van der Waals surface area contributed by atoms with E-state index >= 15 is 0 Å². The number of anilines is 1. The van der Waals surface area contributed by atoms with Crippen LogP contribution in [0.5, 0.6) is 5.75 Å². The number of halogens is 3. The molecule has 0 saturated carbocycles. The van der Waals surface area contributed by atoms with Gasteiger partial charge in [0.1, 0.15) is 23.0 Å². The maximum Gasteiger partial charge on any atom is 0.419 e. The minimum atomic E-state index is -4.63. The van der Waals surface area contributed by atoms with E-state index in [1.54, 1.807) is 12.1 Å². The number of rotatable bonds is 5. The molecule has 3 aromatic carbocycles. The Hall–Kier alpha value is -3.24. The number of benzene rings is 3. The first-order valence-electron chi connectivity index (χ1n) is 10.6. The lowest BCUT2D eigenvalue weighted by atomic mass is 10.1. The molecular formula is C24H21F3N2O4S. The summed E-state index contributed by atoms with van der Waals surface area (Å²) in [5.41, 5.74) is 0.191. The van der Waals surface area contributed by atoms with Gasteiger partial charge in [-0.15, -0.1) is 0 Å². The standard InChI is InChI=1S/C24H21F3N2O4S/c1-29-11-10-16(14-29)32-23-12-15(6-8-20(23)24(25,26)27)28-34(30,31)17-7-9-22-19(13-17)18-4-2-3-5-21(18)33-22/h2-9,12-13,16,28H,10-11,14H2,1H3/t16-/m1/s1. The molecule has 2 heterocycles. The van der Waals surface area contributed by atoms with Gasteiger partial charge in [0.15, 0.2) is 0 Å². The van der Waals surface area contributed by atoms with Crippen molar-refractivity contribution in [3.8, 4) is 5.75 Å². The first kappa shape index (κ1) is 22.5. The Kier molecular flexibility index (Phi) is 5.44. The lowest BCUT2D eigenvalue weighted by Crippen LogP contribution is -2.23. The Morgan fingerprint density at radius 2 is 1.79 bits per heavy atom. The third-order valence-electron chi connectivity index (χ3n) is 5.84. The van der Waals surface area contributed by atoms with Crippen LogP contribution in [0.25, 0.3) is 21.9 Å². The molecule has 1 aromatic heterocycles. The second-order valence-corrected chi connectivity index (χ2v) is 10.0. The zero-order valence-electron chi connectivity index (χ0n) is 18.1. The molecule has 178 valence electrons. The Balaban J connectivity index is 1.48. The van der Waals surface area contributed by atoms with Crippen molar-refractivity contribution in [1.29, 1.82) is 0 Å². The van der Waals surface area contributed by atoms with Crippen molar-refractivity contribution >= 4 is 37.6 Å². The van der Waals surface area contributed by atoms with Gasteiger partial charge in [0, 0.05) is 29.9 Å². The van der Waals surface area contributed by atoms with Gasteiger partial charge in [-0.25, -0.2) is 8.42 Å². The SMILES string of the molecule is CN1CC[C@@H](Oc2cc(NS(=O)(=O)c3ccc4oc5ccccc5c4c3)ccc2C(F)(F)F)C1. The number of nitrogens with one attached hydrogen (secondary N) is 1. The second-order valence-electron chi connectivity index (χ2n) is 8.36. The van der Waals surface area contributed by atoms with Gasteiger partial charge in [-0.2, -0.15) is 13.2 Å². The largest absolute Gasteiger partial charge is 0.488 e. The summed E-state index contributed by atoms with van der Waals surface area (Å²) in [6, 6.07) is 14.7. The minimum Gasteiger partial charge on any atom is -0.488 e. The van der Waals surface area contributed by atoms with Crippen molar-refractivity contribution in [2.45, 2.75) is 23.6 Å². The van der Waals surface area contributed by atoms with E-state index in [0.717, 1.165) is 23.6 Å². The van der Waals surface area contributed by atoms with Gasteiger partial charge in [0.2, 0.25) is 0 Å². The Morgan fingerprint density at radius 3 is 2.53 bits per heavy atom. The Bertz CT molecular complexity index is 1480. The highest BCUT2D eigenvalue weighted by molar-refractivity contribution is 7.92.